The van der Waals surface area contributed by atoms with E-state index in [1.165, 1.54) is 11.5 Å². The van der Waals surface area contributed by atoms with Gasteiger partial charge in [0.15, 0.2) is 0 Å². The second kappa shape index (κ2) is 6.10. The maximum atomic E-state index is 13.9. The number of benzene rings is 1. The van der Waals surface area contributed by atoms with Crippen LogP contribution in [0, 0.1) is 0 Å². The standard InChI is InChI=1S/C18H17F2NO/c1-11(19)9-17(20)13(3)12(2)16-10-21(14(4)22)18-8-6-5-7-15(16)18/h5-10,12H,1,3H2,2,4H3. The number of para-hydroxylation sites is 1. The Bertz CT molecular complexity index is 799. The normalized spacial score (nSPS) is 13.2. The van der Waals surface area contributed by atoms with Crippen LogP contribution >= 0.6 is 0 Å². The van der Waals surface area contributed by atoms with Crippen molar-refractivity contribution in [3.8, 4) is 0 Å². The predicted molar refractivity (Wildman–Crippen MR) is 85.2 cm³/mol. The lowest BCUT2D eigenvalue weighted by molar-refractivity contribution is 0.0941. The van der Waals surface area contributed by atoms with Crippen molar-refractivity contribution in [3.63, 3.8) is 0 Å². The summed E-state index contributed by atoms with van der Waals surface area (Å²) in [6.07, 6.45) is 2.39. The summed E-state index contributed by atoms with van der Waals surface area (Å²) in [5.41, 5.74) is 1.66. The fourth-order valence-corrected chi connectivity index (χ4v) is 2.44. The van der Waals surface area contributed by atoms with Crippen LogP contribution in [0.3, 0.4) is 0 Å². The fourth-order valence-electron chi connectivity index (χ4n) is 2.44. The highest BCUT2D eigenvalue weighted by molar-refractivity contribution is 5.94. The Balaban J connectivity index is 2.53. The van der Waals surface area contributed by atoms with E-state index in [2.05, 4.69) is 13.2 Å². The van der Waals surface area contributed by atoms with Gasteiger partial charge in [0.25, 0.3) is 0 Å². The van der Waals surface area contributed by atoms with E-state index in [0.717, 1.165) is 16.5 Å². The molecule has 0 saturated heterocycles. The molecule has 0 saturated carbocycles. The van der Waals surface area contributed by atoms with Crippen molar-refractivity contribution in [1.82, 2.24) is 4.57 Å². The zero-order valence-corrected chi connectivity index (χ0v) is 12.6. The lowest BCUT2D eigenvalue weighted by Gasteiger charge is -2.12. The van der Waals surface area contributed by atoms with Gasteiger partial charge >= 0.3 is 0 Å². The van der Waals surface area contributed by atoms with Crippen molar-refractivity contribution in [2.24, 2.45) is 0 Å². The van der Waals surface area contributed by atoms with Gasteiger partial charge in [-0.1, -0.05) is 38.3 Å². The minimum absolute atomic E-state index is 0.131. The summed E-state index contributed by atoms with van der Waals surface area (Å²) in [6, 6.07) is 7.37. The SMILES string of the molecule is C=C(F)C=C(F)C(=C)C(C)c1cn(C(C)=O)c2ccccc12. The fraction of sp³-hybridized carbons (Fsp3) is 0.167. The van der Waals surface area contributed by atoms with Gasteiger partial charge in [-0.05, 0) is 17.2 Å². The number of fused-ring (bicyclic) bond motifs is 1. The van der Waals surface area contributed by atoms with E-state index in [1.807, 2.05) is 24.3 Å². The minimum atomic E-state index is -0.864. The molecule has 1 aromatic heterocycles. The number of allylic oxidation sites excluding steroid dienone is 4. The van der Waals surface area contributed by atoms with Crippen LogP contribution < -0.4 is 0 Å². The third kappa shape index (κ3) is 2.91. The molecule has 0 fully saturated rings. The quantitative estimate of drug-likeness (QED) is 0.703. The third-order valence-electron chi connectivity index (χ3n) is 3.66. The van der Waals surface area contributed by atoms with E-state index in [1.54, 1.807) is 13.1 Å². The van der Waals surface area contributed by atoms with Crippen LogP contribution in [0.1, 0.15) is 30.1 Å². The molecule has 0 bridgehead atoms. The molecule has 0 spiro atoms. The molecule has 1 unspecified atom stereocenters. The molecule has 1 atom stereocenters. The van der Waals surface area contributed by atoms with Crippen molar-refractivity contribution in [1.29, 1.82) is 0 Å². The van der Waals surface area contributed by atoms with Gasteiger partial charge in [-0.15, -0.1) is 0 Å². The van der Waals surface area contributed by atoms with Crippen molar-refractivity contribution >= 4 is 16.8 Å². The summed E-state index contributed by atoms with van der Waals surface area (Å²) in [7, 11) is 0. The molecule has 2 aromatic rings. The Morgan fingerprint density at radius 1 is 1.27 bits per heavy atom. The number of halogens is 2. The third-order valence-corrected chi connectivity index (χ3v) is 3.66. The molecule has 0 radical (unpaired) electrons. The first-order valence-corrected chi connectivity index (χ1v) is 6.84. The van der Waals surface area contributed by atoms with Gasteiger partial charge in [0.2, 0.25) is 5.91 Å². The number of hydrogen-bond acceptors (Lipinski definition) is 1. The van der Waals surface area contributed by atoms with E-state index in [9.17, 15) is 13.6 Å². The Morgan fingerprint density at radius 2 is 1.91 bits per heavy atom. The maximum absolute atomic E-state index is 13.9. The summed E-state index contributed by atoms with van der Waals surface area (Å²) in [4.78, 5) is 11.7. The number of hydrogen-bond donors (Lipinski definition) is 0. The minimum Gasteiger partial charge on any atom is -0.287 e. The van der Waals surface area contributed by atoms with Gasteiger partial charge in [-0.25, -0.2) is 8.78 Å². The highest BCUT2D eigenvalue weighted by atomic mass is 19.1. The second-order valence-corrected chi connectivity index (χ2v) is 5.18. The van der Waals surface area contributed by atoms with Gasteiger partial charge < -0.3 is 0 Å². The molecule has 0 aliphatic rings. The first kappa shape index (κ1) is 15.9. The van der Waals surface area contributed by atoms with Crippen LogP contribution in [-0.4, -0.2) is 10.5 Å². The zero-order valence-electron chi connectivity index (χ0n) is 12.6. The molecule has 114 valence electrons. The zero-order chi connectivity index (χ0) is 16.4. The predicted octanol–water partition coefficient (Wildman–Crippen LogP) is 5.30. The summed E-state index contributed by atoms with van der Waals surface area (Å²) in [5.74, 6) is -2.15. The maximum Gasteiger partial charge on any atom is 0.227 e. The molecule has 4 heteroatoms. The Morgan fingerprint density at radius 3 is 2.50 bits per heavy atom. The van der Waals surface area contributed by atoms with Gasteiger partial charge in [-0.2, -0.15) is 0 Å². The summed E-state index contributed by atoms with van der Waals surface area (Å²) in [6.45, 7) is 9.94. The summed E-state index contributed by atoms with van der Waals surface area (Å²) < 4.78 is 28.2. The Labute approximate surface area is 128 Å². The smallest absolute Gasteiger partial charge is 0.227 e. The van der Waals surface area contributed by atoms with E-state index in [0.29, 0.717) is 6.08 Å². The number of carbonyl (C=O) groups excluding carboxylic acids is 1. The molecule has 0 N–H and O–H groups in total. The van der Waals surface area contributed by atoms with Gasteiger partial charge in [-0.3, -0.25) is 9.36 Å². The topological polar surface area (TPSA) is 22.0 Å². The van der Waals surface area contributed by atoms with Crippen molar-refractivity contribution < 1.29 is 13.6 Å². The molecular formula is C18H17F2NO. The molecule has 1 heterocycles. The highest BCUT2D eigenvalue weighted by Gasteiger charge is 2.20. The molecule has 1 aromatic carbocycles. The monoisotopic (exact) mass is 301 g/mol. The van der Waals surface area contributed by atoms with Crippen molar-refractivity contribution in [2.45, 2.75) is 19.8 Å². The van der Waals surface area contributed by atoms with E-state index < -0.39 is 17.6 Å². The number of carbonyl (C=O) groups is 1. The van der Waals surface area contributed by atoms with E-state index in [4.69, 9.17) is 0 Å². The van der Waals surface area contributed by atoms with E-state index in [-0.39, 0.29) is 11.5 Å². The highest BCUT2D eigenvalue weighted by Crippen LogP contribution is 2.34. The lowest BCUT2D eigenvalue weighted by atomic mass is 9.92. The molecule has 0 aliphatic carbocycles. The van der Waals surface area contributed by atoms with Crippen LogP contribution in [0.25, 0.3) is 10.9 Å². The first-order valence-electron chi connectivity index (χ1n) is 6.84. The van der Waals surface area contributed by atoms with E-state index >= 15 is 0 Å². The summed E-state index contributed by atoms with van der Waals surface area (Å²) >= 11 is 0. The van der Waals surface area contributed by atoms with Gasteiger partial charge in [0.1, 0.15) is 11.7 Å². The molecule has 2 rings (SSSR count). The summed E-state index contributed by atoms with van der Waals surface area (Å²) in [5, 5.41) is 0.846. The number of aromatic nitrogens is 1. The van der Waals surface area contributed by atoms with Crippen LogP contribution in [0.4, 0.5) is 8.78 Å². The van der Waals surface area contributed by atoms with Crippen LogP contribution in [-0.2, 0) is 0 Å². The number of rotatable bonds is 4. The largest absolute Gasteiger partial charge is 0.287 e. The average Bonchev–Trinajstić information content (AvgIpc) is 2.84. The number of nitrogens with zero attached hydrogens (tertiary/aromatic N) is 1. The van der Waals surface area contributed by atoms with Gasteiger partial charge in [0, 0.05) is 30.5 Å². The van der Waals surface area contributed by atoms with Crippen molar-refractivity contribution in [2.75, 3.05) is 0 Å². The molecule has 2 nitrogen and oxygen atoms in total. The van der Waals surface area contributed by atoms with Crippen LogP contribution in [0.2, 0.25) is 0 Å². The van der Waals surface area contributed by atoms with Crippen LogP contribution in [0.15, 0.2) is 66.9 Å². The molecule has 0 amide bonds. The Hall–Kier alpha value is -2.49. The van der Waals surface area contributed by atoms with Gasteiger partial charge in [0.05, 0.1) is 5.52 Å². The van der Waals surface area contributed by atoms with Crippen LogP contribution in [0.5, 0.6) is 0 Å². The lowest BCUT2D eigenvalue weighted by Crippen LogP contribution is -2.03. The van der Waals surface area contributed by atoms with Crippen molar-refractivity contribution in [3.05, 3.63) is 72.5 Å². The molecular weight excluding hydrogens is 284 g/mol. The Kier molecular flexibility index (Phi) is 4.40. The molecule has 0 aliphatic heterocycles. The second-order valence-electron chi connectivity index (χ2n) is 5.18. The first-order chi connectivity index (χ1) is 10.3. The molecule has 22 heavy (non-hydrogen) atoms. The average molecular weight is 301 g/mol.